The molecule has 23 heavy (non-hydrogen) atoms. The van der Waals surface area contributed by atoms with Crippen molar-refractivity contribution in [1.29, 1.82) is 0 Å². The van der Waals surface area contributed by atoms with Gasteiger partial charge < -0.3 is 10.4 Å². The fourth-order valence-corrected chi connectivity index (χ4v) is 3.27. The van der Waals surface area contributed by atoms with Gasteiger partial charge in [-0.3, -0.25) is 4.79 Å². The van der Waals surface area contributed by atoms with Crippen molar-refractivity contribution >= 4 is 15.9 Å². The Balaban J connectivity index is 2.86. The number of aryl methyl sites for hydroxylation is 1. The van der Waals surface area contributed by atoms with E-state index in [1.54, 1.807) is 12.1 Å². The van der Waals surface area contributed by atoms with E-state index < -0.39 is 16.1 Å². The number of carbonyl (C=O) groups is 1. The third-order valence-electron chi connectivity index (χ3n) is 3.29. The molecule has 0 saturated heterocycles. The lowest BCUT2D eigenvalue weighted by atomic mass is 10.0. The van der Waals surface area contributed by atoms with Crippen molar-refractivity contribution in [2.24, 2.45) is 5.92 Å². The van der Waals surface area contributed by atoms with Gasteiger partial charge in [0.05, 0.1) is 4.90 Å². The molecule has 0 radical (unpaired) electrons. The first kappa shape index (κ1) is 19.6. The Bertz CT molecular complexity index is 597. The summed E-state index contributed by atoms with van der Waals surface area (Å²) in [5.74, 6) is -0.216. The van der Waals surface area contributed by atoms with Gasteiger partial charge in [0, 0.05) is 13.2 Å². The fraction of sp³-hybridized carbons (Fsp3) is 0.562. The summed E-state index contributed by atoms with van der Waals surface area (Å²) in [4.78, 5) is 12.3. The Morgan fingerprint density at radius 2 is 1.83 bits per heavy atom. The van der Waals surface area contributed by atoms with Gasteiger partial charge in [-0.1, -0.05) is 31.5 Å². The monoisotopic (exact) mass is 342 g/mol. The molecule has 1 atom stereocenters. The highest BCUT2D eigenvalue weighted by Gasteiger charge is 2.26. The van der Waals surface area contributed by atoms with E-state index >= 15 is 0 Å². The van der Waals surface area contributed by atoms with Gasteiger partial charge in [-0.15, -0.1) is 0 Å². The second kappa shape index (κ2) is 9.00. The molecule has 130 valence electrons. The molecule has 0 spiro atoms. The van der Waals surface area contributed by atoms with Crippen molar-refractivity contribution in [3.8, 4) is 0 Å². The normalized spacial score (nSPS) is 13.1. The van der Waals surface area contributed by atoms with Gasteiger partial charge in [-0.25, -0.2) is 8.42 Å². The van der Waals surface area contributed by atoms with Crippen LogP contribution in [0.2, 0.25) is 0 Å². The number of hydrogen-bond donors (Lipinski definition) is 3. The molecule has 0 aromatic heterocycles. The van der Waals surface area contributed by atoms with Crippen LogP contribution in [0.15, 0.2) is 29.2 Å². The summed E-state index contributed by atoms with van der Waals surface area (Å²) in [5.41, 5.74) is 0.962. The molecule has 7 heteroatoms. The number of sulfonamides is 1. The quantitative estimate of drug-likeness (QED) is 0.587. The summed E-state index contributed by atoms with van der Waals surface area (Å²) in [5, 5.41) is 11.4. The third kappa shape index (κ3) is 6.68. The number of rotatable bonds is 9. The molecule has 0 heterocycles. The van der Waals surface area contributed by atoms with E-state index in [0.717, 1.165) is 5.56 Å². The number of benzene rings is 1. The Labute approximate surface area is 138 Å². The van der Waals surface area contributed by atoms with Crippen LogP contribution < -0.4 is 10.0 Å². The van der Waals surface area contributed by atoms with Crippen LogP contribution in [0.25, 0.3) is 0 Å². The van der Waals surface area contributed by atoms with Gasteiger partial charge in [0.1, 0.15) is 6.04 Å². The molecule has 0 aliphatic heterocycles. The summed E-state index contributed by atoms with van der Waals surface area (Å²) >= 11 is 0. The summed E-state index contributed by atoms with van der Waals surface area (Å²) in [6.07, 6.45) is 0.834. The molecule has 1 unspecified atom stereocenters. The molecule has 1 aromatic rings. The average Bonchev–Trinajstić information content (AvgIpc) is 2.46. The van der Waals surface area contributed by atoms with Gasteiger partial charge in [0.15, 0.2) is 0 Å². The van der Waals surface area contributed by atoms with Gasteiger partial charge in [-0.2, -0.15) is 4.72 Å². The van der Waals surface area contributed by atoms with Crippen molar-refractivity contribution < 1.29 is 18.3 Å². The molecule has 6 nitrogen and oxygen atoms in total. The molecule has 1 aromatic carbocycles. The van der Waals surface area contributed by atoms with Crippen LogP contribution in [-0.2, 0) is 14.8 Å². The van der Waals surface area contributed by atoms with E-state index in [9.17, 15) is 13.2 Å². The molecular weight excluding hydrogens is 316 g/mol. The number of aliphatic hydroxyl groups is 1. The van der Waals surface area contributed by atoms with E-state index in [-0.39, 0.29) is 23.3 Å². The summed E-state index contributed by atoms with van der Waals surface area (Å²) in [6, 6.07) is 5.64. The number of aliphatic hydroxyl groups excluding tert-OH is 1. The van der Waals surface area contributed by atoms with Crippen LogP contribution in [0.5, 0.6) is 0 Å². The predicted molar refractivity (Wildman–Crippen MR) is 89.5 cm³/mol. The summed E-state index contributed by atoms with van der Waals surface area (Å²) in [6.45, 7) is 6.02. The highest BCUT2D eigenvalue weighted by molar-refractivity contribution is 7.89. The Morgan fingerprint density at radius 1 is 1.22 bits per heavy atom. The maximum Gasteiger partial charge on any atom is 0.241 e. The molecular formula is C16H26N2O4S. The number of hydrogen-bond acceptors (Lipinski definition) is 4. The van der Waals surface area contributed by atoms with E-state index in [2.05, 4.69) is 10.0 Å². The third-order valence-corrected chi connectivity index (χ3v) is 4.77. The number of carbonyl (C=O) groups excluding carboxylic acids is 1. The standard InChI is InChI=1S/C16H26N2O4S/c1-12(2)11-15(16(20)17-9-4-10-19)18-23(21,22)14-7-5-13(3)6-8-14/h5-8,12,15,18-19H,4,9-11H2,1-3H3,(H,17,20). The Kier molecular flexibility index (Phi) is 7.67. The molecule has 0 fully saturated rings. The van der Waals surface area contributed by atoms with E-state index in [0.29, 0.717) is 19.4 Å². The van der Waals surface area contributed by atoms with E-state index in [4.69, 9.17) is 5.11 Å². The molecule has 1 amide bonds. The van der Waals surface area contributed by atoms with Crippen molar-refractivity contribution in [3.63, 3.8) is 0 Å². The van der Waals surface area contributed by atoms with Gasteiger partial charge in [0.2, 0.25) is 15.9 Å². The van der Waals surface area contributed by atoms with E-state index in [1.807, 2.05) is 20.8 Å². The minimum atomic E-state index is -3.76. The molecule has 0 saturated carbocycles. The predicted octanol–water partition coefficient (Wildman–Crippen LogP) is 1.19. The van der Waals surface area contributed by atoms with Gasteiger partial charge in [-0.05, 0) is 37.8 Å². The Morgan fingerprint density at radius 3 is 2.35 bits per heavy atom. The minimum absolute atomic E-state index is 0.0236. The first-order chi connectivity index (χ1) is 10.8. The van der Waals surface area contributed by atoms with E-state index in [1.165, 1.54) is 12.1 Å². The van der Waals surface area contributed by atoms with Crippen LogP contribution in [0.4, 0.5) is 0 Å². The minimum Gasteiger partial charge on any atom is -0.396 e. The highest BCUT2D eigenvalue weighted by atomic mass is 32.2. The van der Waals surface area contributed by atoms with Crippen LogP contribution in [0.1, 0.15) is 32.3 Å². The second-order valence-electron chi connectivity index (χ2n) is 5.98. The SMILES string of the molecule is Cc1ccc(S(=O)(=O)NC(CC(C)C)C(=O)NCCCO)cc1. The maximum absolute atomic E-state index is 12.4. The number of nitrogens with one attached hydrogen (secondary N) is 2. The molecule has 0 aliphatic carbocycles. The smallest absolute Gasteiger partial charge is 0.241 e. The lowest BCUT2D eigenvalue weighted by Gasteiger charge is -2.20. The van der Waals surface area contributed by atoms with Crippen LogP contribution in [0, 0.1) is 12.8 Å². The Hall–Kier alpha value is -1.44. The lowest BCUT2D eigenvalue weighted by molar-refractivity contribution is -0.123. The van der Waals surface area contributed by atoms with Gasteiger partial charge >= 0.3 is 0 Å². The van der Waals surface area contributed by atoms with Crippen LogP contribution >= 0.6 is 0 Å². The van der Waals surface area contributed by atoms with Crippen LogP contribution in [-0.4, -0.2) is 38.6 Å². The second-order valence-corrected chi connectivity index (χ2v) is 7.70. The summed E-state index contributed by atoms with van der Waals surface area (Å²) < 4.78 is 27.4. The zero-order chi connectivity index (χ0) is 17.5. The molecule has 1 rings (SSSR count). The largest absolute Gasteiger partial charge is 0.396 e. The van der Waals surface area contributed by atoms with Crippen molar-refractivity contribution in [3.05, 3.63) is 29.8 Å². The first-order valence-electron chi connectivity index (χ1n) is 7.74. The highest BCUT2D eigenvalue weighted by Crippen LogP contribution is 2.13. The zero-order valence-corrected chi connectivity index (χ0v) is 14.7. The zero-order valence-electron chi connectivity index (χ0n) is 13.9. The first-order valence-corrected chi connectivity index (χ1v) is 9.22. The molecule has 0 bridgehead atoms. The van der Waals surface area contributed by atoms with Crippen molar-refractivity contribution in [2.45, 2.75) is 44.6 Å². The number of amides is 1. The molecule has 0 aliphatic rings. The van der Waals surface area contributed by atoms with Crippen LogP contribution in [0.3, 0.4) is 0 Å². The van der Waals surface area contributed by atoms with Crippen molar-refractivity contribution in [1.82, 2.24) is 10.0 Å². The van der Waals surface area contributed by atoms with Gasteiger partial charge in [0.25, 0.3) is 0 Å². The molecule has 3 N–H and O–H groups in total. The average molecular weight is 342 g/mol. The fourth-order valence-electron chi connectivity index (χ4n) is 2.07. The topological polar surface area (TPSA) is 95.5 Å². The summed E-state index contributed by atoms with van der Waals surface area (Å²) in [7, 11) is -3.76. The lowest BCUT2D eigenvalue weighted by Crippen LogP contribution is -2.47. The maximum atomic E-state index is 12.4. The van der Waals surface area contributed by atoms with Crippen molar-refractivity contribution in [2.75, 3.05) is 13.2 Å².